The third kappa shape index (κ3) is 2.14. The quantitative estimate of drug-likeness (QED) is 0.882. The maximum Gasteiger partial charge on any atom is 0.307 e. The molecular formula is C15H16N2O3. The number of nitrogens with zero attached hydrogens (tertiary/aromatic N) is 1. The van der Waals surface area contributed by atoms with Crippen molar-refractivity contribution in [1.29, 1.82) is 5.26 Å². The van der Waals surface area contributed by atoms with Crippen LogP contribution >= 0.6 is 0 Å². The lowest BCUT2D eigenvalue weighted by Crippen LogP contribution is -2.18. The monoisotopic (exact) mass is 272 g/mol. The third-order valence-corrected chi connectivity index (χ3v) is 4.02. The lowest BCUT2D eigenvalue weighted by molar-refractivity contribution is -0.140. The molecule has 0 saturated heterocycles. The Hall–Kier alpha value is -2.35. The summed E-state index contributed by atoms with van der Waals surface area (Å²) < 4.78 is 0. The van der Waals surface area contributed by atoms with Crippen LogP contribution in [-0.2, 0) is 9.59 Å². The summed E-state index contributed by atoms with van der Waals surface area (Å²) in [5.74, 6) is -2.53. The number of carbonyl (C=O) groups is 2. The molecule has 1 saturated carbocycles. The fraction of sp³-hybridized carbons (Fsp3) is 0.400. The van der Waals surface area contributed by atoms with Crippen LogP contribution < -0.4 is 5.32 Å². The van der Waals surface area contributed by atoms with Crippen LogP contribution in [0.1, 0.15) is 25.0 Å². The molecule has 0 spiro atoms. The largest absolute Gasteiger partial charge is 0.481 e. The minimum Gasteiger partial charge on any atom is -0.481 e. The van der Waals surface area contributed by atoms with E-state index >= 15 is 0 Å². The molecule has 0 radical (unpaired) electrons. The van der Waals surface area contributed by atoms with Gasteiger partial charge in [-0.3, -0.25) is 9.59 Å². The molecule has 20 heavy (non-hydrogen) atoms. The van der Waals surface area contributed by atoms with E-state index in [4.69, 9.17) is 10.4 Å². The molecule has 2 rings (SSSR count). The van der Waals surface area contributed by atoms with Crippen LogP contribution in [0, 0.1) is 35.5 Å². The van der Waals surface area contributed by atoms with Crippen molar-refractivity contribution in [1.82, 2.24) is 0 Å². The molecule has 2 atom stereocenters. The Labute approximate surface area is 117 Å². The van der Waals surface area contributed by atoms with Gasteiger partial charge in [-0.05, 0) is 24.0 Å². The molecule has 0 aliphatic heterocycles. The Morgan fingerprint density at radius 1 is 1.35 bits per heavy atom. The highest BCUT2D eigenvalue weighted by atomic mass is 16.4. The van der Waals surface area contributed by atoms with E-state index < -0.39 is 23.2 Å². The number of benzene rings is 1. The summed E-state index contributed by atoms with van der Waals surface area (Å²) in [6, 6.07) is 7.24. The molecule has 1 fully saturated rings. The van der Waals surface area contributed by atoms with E-state index in [1.165, 1.54) is 0 Å². The highest BCUT2D eigenvalue weighted by Crippen LogP contribution is 2.58. The summed E-state index contributed by atoms with van der Waals surface area (Å²) >= 11 is 0. The Balaban J connectivity index is 2.21. The SMILES string of the molecule is Cc1cccc(NC(=O)[C@H]2[C@@H](C(=O)O)C2(C)C)c1C#N. The number of carboxylic acids is 1. The molecule has 5 heteroatoms. The molecule has 1 aliphatic rings. The number of carboxylic acid groups (broad SMARTS) is 1. The second kappa shape index (κ2) is 4.64. The fourth-order valence-corrected chi connectivity index (χ4v) is 2.72. The maximum absolute atomic E-state index is 12.2. The second-order valence-corrected chi connectivity index (χ2v) is 5.71. The zero-order valence-corrected chi connectivity index (χ0v) is 11.6. The van der Waals surface area contributed by atoms with Crippen molar-refractivity contribution in [3.05, 3.63) is 29.3 Å². The first-order valence-electron chi connectivity index (χ1n) is 6.34. The van der Waals surface area contributed by atoms with Gasteiger partial charge in [-0.15, -0.1) is 0 Å². The minimum absolute atomic E-state index is 0.343. The van der Waals surface area contributed by atoms with Crippen molar-refractivity contribution >= 4 is 17.6 Å². The van der Waals surface area contributed by atoms with Gasteiger partial charge in [0, 0.05) is 0 Å². The van der Waals surface area contributed by atoms with Gasteiger partial charge < -0.3 is 10.4 Å². The molecular weight excluding hydrogens is 256 g/mol. The van der Waals surface area contributed by atoms with Crippen molar-refractivity contribution in [2.75, 3.05) is 5.32 Å². The molecule has 0 unspecified atom stereocenters. The van der Waals surface area contributed by atoms with Crippen LogP contribution in [0.25, 0.3) is 0 Å². The Bertz CT molecular complexity index is 628. The number of amides is 1. The zero-order valence-electron chi connectivity index (χ0n) is 11.6. The highest BCUT2D eigenvalue weighted by molar-refractivity contribution is 6.00. The number of aliphatic carboxylic acids is 1. The smallest absolute Gasteiger partial charge is 0.307 e. The first-order chi connectivity index (χ1) is 9.30. The highest BCUT2D eigenvalue weighted by Gasteiger charge is 2.65. The number of carbonyl (C=O) groups excluding carboxylic acids is 1. The van der Waals surface area contributed by atoms with E-state index in [-0.39, 0.29) is 5.91 Å². The van der Waals surface area contributed by atoms with Crippen LogP contribution in [0.15, 0.2) is 18.2 Å². The van der Waals surface area contributed by atoms with Crippen molar-refractivity contribution in [2.45, 2.75) is 20.8 Å². The van der Waals surface area contributed by atoms with Crippen LogP contribution in [-0.4, -0.2) is 17.0 Å². The molecule has 1 aromatic rings. The first-order valence-corrected chi connectivity index (χ1v) is 6.34. The summed E-state index contributed by atoms with van der Waals surface area (Å²) in [6.45, 7) is 5.31. The Morgan fingerprint density at radius 2 is 2.00 bits per heavy atom. The van der Waals surface area contributed by atoms with E-state index in [0.717, 1.165) is 5.56 Å². The van der Waals surface area contributed by atoms with E-state index in [1.807, 2.05) is 0 Å². The number of anilines is 1. The summed E-state index contributed by atoms with van der Waals surface area (Å²) in [6.07, 6.45) is 0. The van der Waals surface area contributed by atoms with Crippen LogP contribution in [0.2, 0.25) is 0 Å². The van der Waals surface area contributed by atoms with Gasteiger partial charge >= 0.3 is 5.97 Å². The standard InChI is InChI=1S/C15H16N2O3/c1-8-5-4-6-10(9(8)7-16)17-13(18)11-12(14(19)20)15(11,2)3/h4-6,11-12H,1-3H3,(H,17,18)(H,19,20)/t11-,12+/m1/s1. The van der Waals surface area contributed by atoms with Crippen molar-refractivity contribution < 1.29 is 14.7 Å². The van der Waals surface area contributed by atoms with E-state index in [0.29, 0.717) is 11.3 Å². The summed E-state index contributed by atoms with van der Waals surface area (Å²) in [7, 11) is 0. The van der Waals surface area contributed by atoms with Gasteiger partial charge in [0.1, 0.15) is 6.07 Å². The number of hydrogen-bond donors (Lipinski definition) is 2. The first kappa shape index (κ1) is 14.1. The zero-order chi connectivity index (χ0) is 15.1. The Morgan fingerprint density at radius 3 is 2.50 bits per heavy atom. The molecule has 1 aliphatic carbocycles. The predicted molar refractivity (Wildman–Crippen MR) is 72.9 cm³/mol. The van der Waals surface area contributed by atoms with Crippen LogP contribution in [0.3, 0.4) is 0 Å². The summed E-state index contributed by atoms with van der Waals surface area (Å²) in [4.78, 5) is 23.3. The van der Waals surface area contributed by atoms with Gasteiger partial charge in [-0.25, -0.2) is 0 Å². The molecule has 1 aromatic carbocycles. The molecule has 0 aromatic heterocycles. The number of hydrogen-bond acceptors (Lipinski definition) is 3. The van der Waals surface area contributed by atoms with Gasteiger partial charge in [-0.2, -0.15) is 5.26 Å². The van der Waals surface area contributed by atoms with Gasteiger partial charge in [-0.1, -0.05) is 26.0 Å². The van der Waals surface area contributed by atoms with Gasteiger partial charge in [0.2, 0.25) is 5.91 Å². The van der Waals surface area contributed by atoms with Gasteiger partial charge in [0.15, 0.2) is 0 Å². The fourth-order valence-electron chi connectivity index (χ4n) is 2.72. The lowest BCUT2D eigenvalue weighted by atomic mass is 10.1. The summed E-state index contributed by atoms with van der Waals surface area (Å²) in [5, 5.41) is 20.9. The van der Waals surface area contributed by atoms with E-state index in [2.05, 4.69) is 11.4 Å². The normalized spacial score (nSPS) is 22.7. The number of nitrogens with one attached hydrogen (secondary N) is 1. The molecule has 2 N–H and O–H groups in total. The number of aryl methyl sites for hydroxylation is 1. The predicted octanol–water partition coefficient (Wildman–Crippen LogP) is 2.16. The van der Waals surface area contributed by atoms with Crippen LogP contribution in [0.5, 0.6) is 0 Å². The third-order valence-electron chi connectivity index (χ3n) is 4.02. The molecule has 5 nitrogen and oxygen atoms in total. The second-order valence-electron chi connectivity index (χ2n) is 5.71. The number of nitriles is 1. The molecule has 0 bridgehead atoms. The average molecular weight is 272 g/mol. The molecule has 0 heterocycles. The number of rotatable bonds is 3. The van der Waals surface area contributed by atoms with Crippen molar-refractivity contribution in [3.63, 3.8) is 0 Å². The van der Waals surface area contributed by atoms with Gasteiger partial charge in [0.05, 0.1) is 23.1 Å². The van der Waals surface area contributed by atoms with E-state index in [1.54, 1.807) is 39.0 Å². The summed E-state index contributed by atoms with van der Waals surface area (Å²) in [5.41, 5.74) is 1.07. The molecule has 1 amide bonds. The van der Waals surface area contributed by atoms with Crippen LogP contribution in [0.4, 0.5) is 5.69 Å². The van der Waals surface area contributed by atoms with E-state index in [9.17, 15) is 9.59 Å². The van der Waals surface area contributed by atoms with Crippen molar-refractivity contribution in [2.24, 2.45) is 17.3 Å². The molecule has 104 valence electrons. The Kier molecular flexibility index (Phi) is 3.26. The maximum atomic E-state index is 12.2. The lowest BCUT2D eigenvalue weighted by Gasteiger charge is -2.09. The average Bonchev–Trinajstić information content (AvgIpc) is 2.93. The minimum atomic E-state index is -0.958. The van der Waals surface area contributed by atoms with Crippen molar-refractivity contribution in [3.8, 4) is 6.07 Å². The topological polar surface area (TPSA) is 90.2 Å². The van der Waals surface area contributed by atoms with Gasteiger partial charge in [0.25, 0.3) is 0 Å².